The van der Waals surface area contributed by atoms with Crippen LogP contribution < -0.4 is 5.32 Å². The Hall–Kier alpha value is 0.220. The molecule has 1 aliphatic heterocycles. The first-order valence-corrected chi connectivity index (χ1v) is 8.19. The van der Waals surface area contributed by atoms with Crippen LogP contribution in [0.5, 0.6) is 0 Å². The Morgan fingerprint density at radius 1 is 1.27 bits per heavy atom. The molecule has 0 bridgehead atoms. The fourth-order valence-corrected chi connectivity index (χ4v) is 3.99. The molecule has 0 aromatic carbocycles. The van der Waals surface area contributed by atoms with E-state index >= 15 is 0 Å². The van der Waals surface area contributed by atoms with Gasteiger partial charge in [0.15, 0.2) is 0 Å². The second-order valence-corrected chi connectivity index (χ2v) is 6.89. The lowest BCUT2D eigenvalue weighted by Crippen LogP contribution is -2.41. The molecule has 1 saturated heterocycles. The zero-order valence-corrected chi connectivity index (χ0v) is 10.9. The van der Waals surface area contributed by atoms with E-state index in [9.17, 15) is 8.42 Å². The van der Waals surface area contributed by atoms with Gasteiger partial charge < -0.3 is 5.32 Å². The van der Waals surface area contributed by atoms with Crippen molar-refractivity contribution in [3.8, 4) is 0 Å². The van der Waals surface area contributed by atoms with E-state index in [0.717, 1.165) is 24.5 Å². The van der Waals surface area contributed by atoms with Crippen LogP contribution in [0.25, 0.3) is 0 Å². The molecule has 0 aromatic rings. The maximum Gasteiger partial charge on any atom is 0.215 e. The van der Waals surface area contributed by atoms with Crippen LogP contribution in [0, 0.1) is 0 Å². The standard InChI is InChI=1S/C9H20N2O2S2/c1-2-3-10-4-9-15(12,13)11-5-7-14-8-6-11/h10H,2-9H2,1H3. The summed E-state index contributed by atoms with van der Waals surface area (Å²) in [5.74, 6) is 2.10. The predicted octanol–water partition coefficient (Wildman–Crippen LogP) is 0.365. The second-order valence-electron chi connectivity index (χ2n) is 3.58. The Bertz CT molecular complexity index is 261. The van der Waals surface area contributed by atoms with E-state index in [1.165, 1.54) is 0 Å². The zero-order chi connectivity index (χ0) is 11.1. The molecular weight excluding hydrogens is 232 g/mol. The van der Waals surface area contributed by atoms with E-state index in [0.29, 0.717) is 19.6 Å². The smallest absolute Gasteiger partial charge is 0.215 e. The summed E-state index contributed by atoms with van der Waals surface area (Å²) in [7, 11) is -3.01. The molecule has 1 N–H and O–H groups in total. The molecule has 1 fully saturated rings. The van der Waals surface area contributed by atoms with Gasteiger partial charge in [-0.05, 0) is 13.0 Å². The molecule has 0 saturated carbocycles. The third-order valence-electron chi connectivity index (χ3n) is 2.33. The molecule has 0 aliphatic carbocycles. The molecule has 1 heterocycles. The average molecular weight is 252 g/mol. The van der Waals surface area contributed by atoms with Gasteiger partial charge in [0.1, 0.15) is 0 Å². The van der Waals surface area contributed by atoms with Crippen molar-refractivity contribution < 1.29 is 8.42 Å². The number of rotatable bonds is 6. The Kier molecular flexibility index (Phi) is 5.96. The number of nitrogens with one attached hydrogen (secondary N) is 1. The summed E-state index contributed by atoms with van der Waals surface area (Å²) >= 11 is 1.83. The topological polar surface area (TPSA) is 49.4 Å². The second kappa shape index (κ2) is 6.73. The van der Waals surface area contributed by atoms with Crippen LogP contribution in [-0.4, -0.2) is 56.2 Å². The fourth-order valence-electron chi connectivity index (χ4n) is 1.46. The van der Waals surface area contributed by atoms with Crippen LogP contribution in [0.1, 0.15) is 13.3 Å². The highest BCUT2D eigenvalue weighted by Gasteiger charge is 2.23. The number of thioether (sulfide) groups is 1. The Labute approximate surface area is 96.8 Å². The molecule has 0 spiro atoms. The Balaban J connectivity index is 2.30. The molecule has 1 rings (SSSR count). The number of hydrogen-bond acceptors (Lipinski definition) is 4. The highest BCUT2D eigenvalue weighted by molar-refractivity contribution is 7.99. The predicted molar refractivity (Wildman–Crippen MR) is 65.8 cm³/mol. The minimum atomic E-state index is -3.01. The van der Waals surface area contributed by atoms with Gasteiger partial charge in [-0.25, -0.2) is 12.7 Å². The van der Waals surface area contributed by atoms with Gasteiger partial charge in [-0.15, -0.1) is 0 Å². The van der Waals surface area contributed by atoms with E-state index in [2.05, 4.69) is 12.2 Å². The van der Waals surface area contributed by atoms with Crippen LogP contribution in [0.2, 0.25) is 0 Å². The summed E-state index contributed by atoms with van der Waals surface area (Å²) in [6.45, 7) is 4.90. The van der Waals surface area contributed by atoms with Crippen molar-refractivity contribution in [3.05, 3.63) is 0 Å². The highest BCUT2D eigenvalue weighted by atomic mass is 32.2. The van der Waals surface area contributed by atoms with Gasteiger partial charge in [0.05, 0.1) is 5.75 Å². The molecule has 15 heavy (non-hydrogen) atoms. The zero-order valence-electron chi connectivity index (χ0n) is 9.24. The molecule has 0 amide bonds. The van der Waals surface area contributed by atoms with Crippen LogP contribution in [0.3, 0.4) is 0 Å². The summed E-state index contributed by atoms with van der Waals surface area (Å²) in [5, 5.41) is 3.12. The third-order valence-corrected chi connectivity index (χ3v) is 5.14. The molecule has 0 unspecified atom stereocenters. The van der Waals surface area contributed by atoms with Crippen LogP contribution in [0.4, 0.5) is 0 Å². The first-order chi connectivity index (χ1) is 7.17. The lowest BCUT2D eigenvalue weighted by molar-refractivity contribution is 0.442. The summed E-state index contributed by atoms with van der Waals surface area (Å²) in [6, 6.07) is 0. The van der Waals surface area contributed by atoms with E-state index in [-0.39, 0.29) is 5.75 Å². The Morgan fingerprint density at radius 3 is 2.53 bits per heavy atom. The van der Waals surface area contributed by atoms with Gasteiger partial charge in [0.25, 0.3) is 0 Å². The van der Waals surface area contributed by atoms with Gasteiger partial charge in [0.2, 0.25) is 10.0 Å². The highest BCUT2D eigenvalue weighted by Crippen LogP contribution is 2.12. The van der Waals surface area contributed by atoms with E-state index in [1.54, 1.807) is 4.31 Å². The van der Waals surface area contributed by atoms with Crippen molar-refractivity contribution in [2.75, 3.05) is 43.4 Å². The fraction of sp³-hybridized carbons (Fsp3) is 1.00. The summed E-state index contributed by atoms with van der Waals surface area (Å²) in [4.78, 5) is 0. The summed E-state index contributed by atoms with van der Waals surface area (Å²) < 4.78 is 25.3. The van der Waals surface area contributed by atoms with E-state index < -0.39 is 10.0 Å². The van der Waals surface area contributed by atoms with Gasteiger partial charge in [-0.3, -0.25) is 0 Å². The summed E-state index contributed by atoms with van der Waals surface area (Å²) in [6.07, 6.45) is 1.04. The van der Waals surface area contributed by atoms with Gasteiger partial charge in [-0.1, -0.05) is 6.92 Å². The minimum absolute atomic E-state index is 0.234. The quantitative estimate of drug-likeness (QED) is 0.694. The molecular formula is C9H20N2O2S2. The monoisotopic (exact) mass is 252 g/mol. The van der Waals surface area contributed by atoms with Crippen LogP contribution in [0.15, 0.2) is 0 Å². The largest absolute Gasteiger partial charge is 0.316 e. The average Bonchev–Trinajstić information content (AvgIpc) is 2.26. The first-order valence-electron chi connectivity index (χ1n) is 5.43. The number of nitrogens with zero attached hydrogens (tertiary/aromatic N) is 1. The normalized spacial score (nSPS) is 19.3. The molecule has 4 nitrogen and oxygen atoms in total. The van der Waals surface area contributed by atoms with Crippen molar-refractivity contribution in [1.82, 2.24) is 9.62 Å². The van der Waals surface area contributed by atoms with Gasteiger partial charge in [-0.2, -0.15) is 11.8 Å². The van der Waals surface area contributed by atoms with E-state index in [4.69, 9.17) is 0 Å². The maximum atomic E-state index is 11.8. The molecule has 0 radical (unpaired) electrons. The molecule has 0 aromatic heterocycles. The first kappa shape index (κ1) is 13.3. The van der Waals surface area contributed by atoms with Crippen molar-refractivity contribution >= 4 is 21.8 Å². The third kappa shape index (κ3) is 4.72. The van der Waals surface area contributed by atoms with E-state index in [1.807, 2.05) is 11.8 Å². The lowest BCUT2D eigenvalue weighted by atomic mass is 10.5. The summed E-state index contributed by atoms with van der Waals surface area (Å²) in [5.41, 5.74) is 0. The van der Waals surface area contributed by atoms with Crippen molar-refractivity contribution in [1.29, 1.82) is 0 Å². The SMILES string of the molecule is CCCNCCS(=O)(=O)N1CCSCC1. The van der Waals surface area contributed by atoms with Crippen LogP contribution in [-0.2, 0) is 10.0 Å². The maximum absolute atomic E-state index is 11.8. The number of sulfonamides is 1. The lowest BCUT2D eigenvalue weighted by Gasteiger charge is -2.25. The molecule has 6 heteroatoms. The Morgan fingerprint density at radius 2 is 1.93 bits per heavy atom. The molecule has 1 aliphatic rings. The minimum Gasteiger partial charge on any atom is -0.316 e. The van der Waals surface area contributed by atoms with Gasteiger partial charge >= 0.3 is 0 Å². The van der Waals surface area contributed by atoms with Crippen molar-refractivity contribution in [2.45, 2.75) is 13.3 Å². The van der Waals surface area contributed by atoms with Crippen molar-refractivity contribution in [2.24, 2.45) is 0 Å². The van der Waals surface area contributed by atoms with Crippen LogP contribution >= 0.6 is 11.8 Å². The molecule has 0 atom stereocenters. The number of hydrogen-bond donors (Lipinski definition) is 1. The van der Waals surface area contributed by atoms with Gasteiger partial charge in [0, 0.05) is 31.1 Å². The van der Waals surface area contributed by atoms with Crippen molar-refractivity contribution in [3.63, 3.8) is 0 Å². The molecule has 90 valence electrons.